The largest absolute Gasteiger partial charge is 0.494 e. The summed E-state index contributed by atoms with van der Waals surface area (Å²) in [4.78, 5) is 0. The molecule has 0 N–H and O–H groups in total. The van der Waals surface area contributed by atoms with Gasteiger partial charge in [-0.15, -0.1) is 0 Å². The van der Waals surface area contributed by atoms with Gasteiger partial charge in [-0.05, 0) is 25.0 Å². The van der Waals surface area contributed by atoms with Gasteiger partial charge >= 0.3 is 0 Å². The van der Waals surface area contributed by atoms with Gasteiger partial charge in [-0.25, -0.2) is 0 Å². The Balaban J connectivity index is 1.93. The lowest BCUT2D eigenvalue weighted by Crippen LogP contribution is -2.07. The molecule has 0 fully saturated rings. The number of hydrogen-bond acceptors (Lipinski definition) is 1. The van der Waals surface area contributed by atoms with Crippen LogP contribution in [0.1, 0.15) is 45.4 Å². The van der Waals surface area contributed by atoms with Crippen molar-refractivity contribution in [3.05, 3.63) is 24.5 Å². The Hall–Kier alpha value is -0.720. The fraction of sp³-hybridized carbons (Fsp3) is 0.667. The van der Waals surface area contributed by atoms with Crippen LogP contribution in [0.2, 0.25) is 0 Å². The van der Waals surface area contributed by atoms with E-state index in [4.69, 9.17) is 4.74 Å². The van der Waals surface area contributed by atoms with Gasteiger partial charge in [-0.3, -0.25) is 0 Å². The third kappa shape index (κ3) is 4.76. The molecule has 0 aromatic carbocycles. The smallest absolute Gasteiger partial charge is 0.116 e. The van der Waals surface area contributed by atoms with Gasteiger partial charge in [0.25, 0.3) is 0 Å². The second kappa shape index (κ2) is 6.76. The molecule has 0 saturated heterocycles. The van der Waals surface area contributed by atoms with Crippen LogP contribution in [0.3, 0.4) is 0 Å². The summed E-state index contributed by atoms with van der Waals surface area (Å²) in [5.41, 5.74) is 0. The van der Waals surface area contributed by atoms with E-state index in [2.05, 4.69) is 19.1 Å². The van der Waals surface area contributed by atoms with Gasteiger partial charge in [0.15, 0.2) is 0 Å². The first-order valence-electron chi connectivity index (χ1n) is 5.42. The predicted octanol–water partition coefficient (Wildman–Crippen LogP) is 3.82. The highest BCUT2D eigenvalue weighted by Gasteiger charge is 2.04. The molecule has 1 heterocycles. The highest BCUT2D eigenvalue weighted by molar-refractivity contribution is 5.07. The average Bonchev–Trinajstić information content (AvgIpc) is 2.19. The molecule has 1 unspecified atom stereocenters. The molecule has 1 aliphatic rings. The fourth-order valence-electron chi connectivity index (χ4n) is 1.54. The maximum Gasteiger partial charge on any atom is 0.116 e. The summed E-state index contributed by atoms with van der Waals surface area (Å²) in [5, 5.41) is 0. The molecule has 1 heteroatoms. The fourth-order valence-corrected chi connectivity index (χ4v) is 1.54. The standard InChI is InChI=1S/C12H20O/c1-2-3-4-5-6-9-12-10-7-8-11-13-12/h7-8,10-12H,2-6,9H2,1H3. The van der Waals surface area contributed by atoms with Crippen LogP contribution in [-0.4, -0.2) is 6.10 Å². The van der Waals surface area contributed by atoms with Gasteiger partial charge in [0.1, 0.15) is 6.10 Å². The first-order valence-corrected chi connectivity index (χ1v) is 5.42. The summed E-state index contributed by atoms with van der Waals surface area (Å²) >= 11 is 0. The van der Waals surface area contributed by atoms with Crippen molar-refractivity contribution in [1.82, 2.24) is 0 Å². The summed E-state index contributed by atoms with van der Waals surface area (Å²) in [7, 11) is 0. The van der Waals surface area contributed by atoms with E-state index in [1.54, 1.807) is 6.26 Å². The van der Waals surface area contributed by atoms with E-state index in [0.29, 0.717) is 6.10 Å². The van der Waals surface area contributed by atoms with Crippen LogP contribution in [-0.2, 0) is 4.74 Å². The lowest BCUT2D eigenvalue weighted by molar-refractivity contribution is 0.170. The minimum absolute atomic E-state index is 0.339. The Bertz CT molecular complexity index is 170. The van der Waals surface area contributed by atoms with Crippen LogP contribution in [0, 0.1) is 0 Å². The van der Waals surface area contributed by atoms with Crippen LogP contribution >= 0.6 is 0 Å². The first kappa shape index (κ1) is 10.4. The van der Waals surface area contributed by atoms with E-state index in [0.717, 1.165) is 0 Å². The van der Waals surface area contributed by atoms with Gasteiger partial charge in [-0.1, -0.05) is 38.7 Å². The van der Waals surface area contributed by atoms with Crippen LogP contribution in [0.25, 0.3) is 0 Å². The van der Waals surface area contributed by atoms with Gasteiger partial charge in [0.05, 0.1) is 6.26 Å². The van der Waals surface area contributed by atoms with E-state index >= 15 is 0 Å². The molecule has 0 saturated carbocycles. The molecule has 0 spiro atoms. The molecule has 0 aliphatic carbocycles. The SMILES string of the molecule is CCCCCCCC1C=CC=CO1. The molecule has 0 radical (unpaired) electrons. The maximum atomic E-state index is 5.42. The lowest BCUT2D eigenvalue weighted by Gasteiger charge is -2.14. The first-order chi connectivity index (χ1) is 6.43. The monoisotopic (exact) mass is 180 g/mol. The Morgan fingerprint density at radius 1 is 1.08 bits per heavy atom. The minimum atomic E-state index is 0.339. The van der Waals surface area contributed by atoms with E-state index in [9.17, 15) is 0 Å². The molecular weight excluding hydrogens is 160 g/mol. The highest BCUT2D eigenvalue weighted by Crippen LogP contribution is 2.12. The molecule has 13 heavy (non-hydrogen) atoms. The third-order valence-corrected chi connectivity index (χ3v) is 2.36. The summed E-state index contributed by atoms with van der Waals surface area (Å²) in [6.45, 7) is 2.25. The average molecular weight is 180 g/mol. The zero-order valence-electron chi connectivity index (χ0n) is 8.54. The number of allylic oxidation sites excluding steroid dienone is 2. The molecule has 0 aromatic heterocycles. The minimum Gasteiger partial charge on any atom is -0.494 e. The quantitative estimate of drug-likeness (QED) is 0.565. The number of unbranched alkanes of at least 4 members (excludes halogenated alkanes) is 4. The summed E-state index contributed by atoms with van der Waals surface area (Å²) in [5.74, 6) is 0. The van der Waals surface area contributed by atoms with Crippen molar-refractivity contribution in [2.24, 2.45) is 0 Å². The van der Waals surface area contributed by atoms with Crippen molar-refractivity contribution in [3.8, 4) is 0 Å². The molecule has 1 rings (SSSR count). The van der Waals surface area contributed by atoms with Gasteiger partial charge < -0.3 is 4.74 Å². The zero-order valence-corrected chi connectivity index (χ0v) is 8.54. The Kier molecular flexibility index (Phi) is 5.39. The lowest BCUT2D eigenvalue weighted by atomic mass is 10.1. The summed E-state index contributed by atoms with van der Waals surface area (Å²) in [6, 6.07) is 0. The topological polar surface area (TPSA) is 9.23 Å². The van der Waals surface area contributed by atoms with E-state index in [-0.39, 0.29) is 0 Å². The molecule has 74 valence electrons. The molecule has 0 amide bonds. The summed E-state index contributed by atoms with van der Waals surface area (Å²) in [6.07, 6.45) is 16.2. The zero-order chi connectivity index (χ0) is 9.36. The van der Waals surface area contributed by atoms with Crippen LogP contribution in [0.15, 0.2) is 24.5 Å². The van der Waals surface area contributed by atoms with Crippen molar-refractivity contribution >= 4 is 0 Å². The Labute approximate surface area is 81.5 Å². The van der Waals surface area contributed by atoms with E-state index in [1.165, 1.54) is 38.5 Å². The Morgan fingerprint density at radius 2 is 1.92 bits per heavy atom. The van der Waals surface area contributed by atoms with Crippen LogP contribution < -0.4 is 0 Å². The van der Waals surface area contributed by atoms with Crippen molar-refractivity contribution in [3.63, 3.8) is 0 Å². The second-order valence-corrected chi connectivity index (χ2v) is 3.59. The van der Waals surface area contributed by atoms with Crippen molar-refractivity contribution in [2.75, 3.05) is 0 Å². The molecular formula is C12H20O. The third-order valence-electron chi connectivity index (χ3n) is 2.36. The van der Waals surface area contributed by atoms with Crippen LogP contribution in [0.5, 0.6) is 0 Å². The van der Waals surface area contributed by atoms with Gasteiger partial charge in [0.2, 0.25) is 0 Å². The molecule has 1 nitrogen and oxygen atoms in total. The normalized spacial score (nSPS) is 20.2. The molecule has 1 atom stereocenters. The van der Waals surface area contributed by atoms with E-state index in [1.807, 2.05) is 6.08 Å². The van der Waals surface area contributed by atoms with Gasteiger partial charge in [0, 0.05) is 0 Å². The second-order valence-electron chi connectivity index (χ2n) is 3.59. The molecule has 1 aliphatic heterocycles. The van der Waals surface area contributed by atoms with E-state index < -0.39 is 0 Å². The van der Waals surface area contributed by atoms with Crippen molar-refractivity contribution in [2.45, 2.75) is 51.6 Å². The number of rotatable bonds is 6. The molecule has 0 aromatic rings. The number of hydrogen-bond donors (Lipinski definition) is 0. The van der Waals surface area contributed by atoms with Gasteiger partial charge in [-0.2, -0.15) is 0 Å². The van der Waals surface area contributed by atoms with Crippen molar-refractivity contribution < 1.29 is 4.74 Å². The Morgan fingerprint density at radius 3 is 2.62 bits per heavy atom. The highest BCUT2D eigenvalue weighted by atomic mass is 16.5. The summed E-state index contributed by atoms with van der Waals surface area (Å²) < 4.78 is 5.42. The number of ether oxygens (including phenoxy) is 1. The maximum absolute atomic E-state index is 5.42. The van der Waals surface area contributed by atoms with Crippen molar-refractivity contribution in [1.29, 1.82) is 0 Å². The predicted molar refractivity (Wildman–Crippen MR) is 56.5 cm³/mol. The van der Waals surface area contributed by atoms with Crippen LogP contribution in [0.4, 0.5) is 0 Å². The molecule has 0 bridgehead atoms.